The Bertz CT molecular complexity index is 437. The molecule has 2 heterocycles. The number of thiazole rings is 1. The van der Waals surface area contributed by atoms with E-state index in [1.807, 2.05) is 11.4 Å². The fourth-order valence-electron chi connectivity index (χ4n) is 0.901. The minimum absolute atomic E-state index is 0.561. The summed E-state index contributed by atoms with van der Waals surface area (Å²) >= 11 is 12.2. The highest BCUT2D eigenvalue weighted by Crippen LogP contribution is 2.39. The Morgan fingerprint density at radius 3 is 2.77 bits per heavy atom. The number of rotatable bonds is 1. The minimum atomic E-state index is 0.561. The van der Waals surface area contributed by atoms with Crippen molar-refractivity contribution in [3.05, 3.63) is 21.1 Å². The van der Waals surface area contributed by atoms with E-state index in [0.717, 1.165) is 19.4 Å². The van der Waals surface area contributed by atoms with E-state index in [-0.39, 0.29) is 0 Å². The number of hydrogen-bond acceptors (Lipinski definition) is 4. The molecule has 2 nitrogen and oxygen atoms in total. The van der Waals surface area contributed by atoms with Crippen LogP contribution in [0.4, 0.5) is 5.13 Å². The lowest BCUT2D eigenvalue weighted by Crippen LogP contribution is -1.78. The second-order valence-electron chi connectivity index (χ2n) is 2.30. The monoisotopic (exact) mass is 294 g/mol. The molecule has 68 valence electrons. The summed E-state index contributed by atoms with van der Waals surface area (Å²) in [4.78, 5) is 6.20. The molecule has 0 radical (unpaired) electrons. The highest BCUT2D eigenvalue weighted by Gasteiger charge is 2.10. The molecule has 0 fully saturated rings. The lowest BCUT2D eigenvalue weighted by atomic mass is 10.4. The first-order chi connectivity index (χ1) is 6.16. The molecule has 0 spiro atoms. The number of hydrogen-bond donors (Lipinski definition) is 1. The third kappa shape index (κ3) is 1.88. The van der Waals surface area contributed by atoms with Gasteiger partial charge in [-0.2, -0.15) is 0 Å². The van der Waals surface area contributed by atoms with Crippen LogP contribution in [-0.4, -0.2) is 4.98 Å². The summed E-state index contributed by atoms with van der Waals surface area (Å²) < 4.78 is 0.786. The molecule has 0 saturated carbocycles. The summed E-state index contributed by atoms with van der Waals surface area (Å²) in [7, 11) is 0. The Morgan fingerprint density at radius 1 is 1.54 bits per heavy atom. The number of thiophene rings is 1. The molecule has 2 N–H and O–H groups in total. The van der Waals surface area contributed by atoms with Crippen molar-refractivity contribution in [2.75, 3.05) is 5.73 Å². The molecule has 0 unspecified atom stereocenters. The second kappa shape index (κ2) is 3.57. The zero-order valence-electron chi connectivity index (χ0n) is 6.25. The summed E-state index contributed by atoms with van der Waals surface area (Å²) in [6.45, 7) is 0. The number of aromatic nitrogens is 1. The Balaban J connectivity index is 2.51. The van der Waals surface area contributed by atoms with Gasteiger partial charge in [0.25, 0.3) is 0 Å². The molecule has 2 aromatic rings. The molecule has 0 aliphatic heterocycles. The second-order valence-corrected chi connectivity index (χ2v) is 5.43. The predicted octanol–water partition coefficient (Wildman–Crippen LogP) is 3.87. The Kier molecular flexibility index (Phi) is 2.60. The number of nitrogen functional groups attached to an aromatic ring is 1. The van der Waals surface area contributed by atoms with Crippen molar-refractivity contribution in [2.45, 2.75) is 0 Å². The van der Waals surface area contributed by atoms with Crippen LogP contribution in [0, 0.1) is 0 Å². The Hall–Kier alpha value is -0.100. The van der Waals surface area contributed by atoms with Crippen LogP contribution in [0.1, 0.15) is 0 Å². The van der Waals surface area contributed by atoms with E-state index in [4.69, 9.17) is 17.3 Å². The summed E-state index contributed by atoms with van der Waals surface area (Å²) in [6, 6.07) is 1.91. The lowest BCUT2D eigenvalue weighted by molar-refractivity contribution is 1.37. The standard InChI is InChI=1S/C7H4BrClN2S2/c8-6-5(13-7(10)11-6)4-1-3(9)2-12-4/h1-2H,(H2,10,11). The molecule has 2 rings (SSSR count). The topological polar surface area (TPSA) is 38.9 Å². The van der Waals surface area contributed by atoms with Gasteiger partial charge in [-0.05, 0) is 22.0 Å². The molecule has 13 heavy (non-hydrogen) atoms. The molecule has 0 aliphatic carbocycles. The predicted molar refractivity (Wildman–Crippen MR) is 62.5 cm³/mol. The summed E-state index contributed by atoms with van der Waals surface area (Å²) in [6.07, 6.45) is 0. The van der Waals surface area contributed by atoms with Gasteiger partial charge in [0.15, 0.2) is 5.13 Å². The van der Waals surface area contributed by atoms with E-state index < -0.39 is 0 Å². The van der Waals surface area contributed by atoms with Crippen molar-refractivity contribution >= 4 is 55.3 Å². The van der Waals surface area contributed by atoms with Crippen molar-refractivity contribution < 1.29 is 0 Å². The van der Waals surface area contributed by atoms with E-state index in [2.05, 4.69) is 20.9 Å². The molecule has 0 saturated heterocycles. The quantitative estimate of drug-likeness (QED) is 0.867. The normalized spacial score (nSPS) is 10.6. The SMILES string of the molecule is Nc1nc(Br)c(-c2cc(Cl)cs2)s1. The maximum absolute atomic E-state index is 5.82. The van der Waals surface area contributed by atoms with Crippen LogP contribution in [0.15, 0.2) is 16.0 Å². The molecule has 0 atom stereocenters. The van der Waals surface area contributed by atoms with Crippen LogP contribution in [0.25, 0.3) is 9.75 Å². The third-order valence-corrected chi connectivity index (χ3v) is 4.57. The molecule has 0 aliphatic rings. The summed E-state index contributed by atoms with van der Waals surface area (Å²) in [5, 5.41) is 3.20. The molecule has 0 aromatic carbocycles. The largest absolute Gasteiger partial charge is 0.375 e. The average molecular weight is 296 g/mol. The number of nitrogens with zero attached hydrogens (tertiary/aromatic N) is 1. The van der Waals surface area contributed by atoms with E-state index in [9.17, 15) is 0 Å². The highest BCUT2D eigenvalue weighted by molar-refractivity contribution is 9.10. The average Bonchev–Trinajstić information content (AvgIpc) is 2.58. The third-order valence-electron chi connectivity index (χ3n) is 1.39. The fourth-order valence-corrected chi connectivity index (χ4v) is 3.72. The van der Waals surface area contributed by atoms with Gasteiger partial charge < -0.3 is 5.73 Å². The molecular formula is C7H4BrClN2S2. The molecule has 2 aromatic heterocycles. The van der Waals surface area contributed by atoms with Crippen molar-refractivity contribution in [1.82, 2.24) is 4.98 Å². The highest BCUT2D eigenvalue weighted by atomic mass is 79.9. The Labute approximate surface area is 96.5 Å². The van der Waals surface area contributed by atoms with E-state index in [0.29, 0.717) is 5.13 Å². The van der Waals surface area contributed by atoms with Gasteiger partial charge in [-0.3, -0.25) is 0 Å². The molecule has 0 bridgehead atoms. The van der Waals surface area contributed by atoms with E-state index in [1.54, 1.807) is 11.3 Å². The first kappa shape index (κ1) is 9.45. The maximum Gasteiger partial charge on any atom is 0.181 e. The number of halogens is 2. The first-order valence-corrected chi connectivity index (χ1v) is 6.20. The van der Waals surface area contributed by atoms with Gasteiger partial charge in [-0.25, -0.2) is 4.98 Å². The Morgan fingerprint density at radius 2 is 2.31 bits per heavy atom. The maximum atomic E-state index is 5.82. The summed E-state index contributed by atoms with van der Waals surface area (Å²) in [5.41, 5.74) is 5.57. The number of nitrogens with two attached hydrogens (primary N) is 1. The van der Waals surface area contributed by atoms with Crippen LogP contribution in [-0.2, 0) is 0 Å². The number of anilines is 1. The van der Waals surface area contributed by atoms with Crippen LogP contribution in [0.5, 0.6) is 0 Å². The minimum Gasteiger partial charge on any atom is -0.375 e. The van der Waals surface area contributed by atoms with Crippen LogP contribution in [0.2, 0.25) is 5.02 Å². The van der Waals surface area contributed by atoms with Gasteiger partial charge in [0.1, 0.15) is 4.60 Å². The van der Waals surface area contributed by atoms with Gasteiger partial charge in [0.2, 0.25) is 0 Å². The van der Waals surface area contributed by atoms with Crippen molar-refractivity contribution in [3.63, 3.8) is 0 Å². The van der Waals surface area contributed by atoms with E-state index in [1.165, 1.54) is 11.3 Å². The molecule has 0 amide bonds. The summed E-state index contributed by atoms with van der Waals surface area (Å²) in [5.74, 6) is 0. The van der Waals surface area contributed by atoms with Crippen LogP contribution in [0.3, 0.4) is 0 Å². The first-order valence-electron chi connectivity index (χ1n) is 3.33. The van der Waals surface area contributed by atoms with E-state index >= 15 is 0 Å². The van der Waals surface area contributed by atoms with Crippen molar-refractivity contribution in [3.8, 4) is 9.75 Å². The fraction of sp³-hybridized carbons (Fsp3) is 0. The van der Waals surface area contributed by atoms with Crippen molar-refractivity contribution in [2.24, 2.45) is 0 Å². The van der Waals surface area contributed by atoms with Crippen LogP contribution < -0.4 is 5.73 Å². The lowest BCUT2D eigenvalue weighted by Gasteiger charge is -1.88. The van der Waals surface area contributed by atoms with Gasteiger partial charge in [-0.15, -0.1) is 11.3 Å². The van der Waals surface area contributed by atoms with Gasteiger partial charge >= 0.3 is 0 Å². The van der Waals surface area contributed by atoms with Gasteiger partial charge in [-0.1, -0.05) is 22.9 Å². The van der Waals surface area contributed by atoms with Crippen molar-refractivity contribution in [1.29, 1.82) is 0 Å². The zero-order chi connectivity index (χ0) is 9.42. The van der Waals surface area contributed by atoms with Gasteiger partial charge in [0, 0.05) is 10.3 Å². The van der Waals surface area contributed by atoms with Crippen LogP contribution >= 0.6 is 50.2 Å². The molecule has 6 heteroatoms. The smallest absolute Gasteiger partial charge is 0.181 e. The van der Waals surface area contributed by atoms with Gasteiger partial charge in [0.05, 0.1) is 9.90 Å². The zero-order valence-corrected chi connectivity index (χ0v) is 10.2. The molecular weight excluding hydrogens is 292 g/mol.